The molecule has 0 spiro atoms. The van der Waals surface area contributed by atoms with Gasteiger partial charge in [0.25, 0.3) is 0 Å². The van der Waals surface area contributed by atoms with Gasteiger partial charge in [-0.3, -0.25) is 0 Å². The van der Waals surface area contributed by atoms with Crippen molar-refractivity contribution in [2.24, 2.45) is 5.92 Å². The molecular formula is C11H11ClO3S. The van der Waals surface area contributed by atoms with Crippen LogP contribution in [-0.2, 0) is 14.6 Å². The zero-order valence-corrected chi connectivity index (χ0v) is 10.2. The molecule has 0 bridgehead atoms. The van der Waals surface area contributed by atoms with E-state index in [1.165, 1.54) is 6.26 Å². The van der Waals surface area contributed by atoms with E-state index in [-0.39, 0.29) is 5.92 Å². The smallest absolute Gasteiger partial charge is 0.151 e. The Hall–Kier alpha value is -0.870. The molecule has 1 aliphatic rings. The van der Waals surface area contributed by atoms with E-state index in [1.54, 1.807) is 24.3 Å². The van der Waals surface area contributed by atoms with Crippen LogP contribution >= 0.6 is 11.6 Å². The molecule has 16 heavy (non-hydrogen) atoms. The maximum atomic E-state index is 11.4. The standard InChI is InChI=1S/C11H11ClO3S/c1-16(14,15)11-9(6-13)10(11)7-3-2-4-8(12)5-7/h2-6,9-11H,1H3. The van der Waals surface area contributed by atoms with Gasteiger partial charge in [-0.15, -0.1) is 0 Å². The zero-order chi connectivity index (χ0) is 11.9. The second-order valence-corrected chi connectivity index (χ2v) is 6.73. The lowest BCUT2D eigenvalue weighted by Gasteiger charge is -1.99. The molecule has 3 nitrogen and oxygen atoms in total. The highest BCUT2D eigenvalue weighted by molar-refractivity contribution is 7.91. The Bertz CT molecular complexity index is 524. The summed E-state index contributed by atoms with van der Waals surface area (Å²) in [6.45, 7) is 0. The average Bonchev–Trinajstić information content (AvgIpc) is 2.91. The number of benzene rings is 1. The van der Waals surface area contributed by atoms with Crippen molar-refractivity contribution < 1.29 is 13.2 Å². The number of hydrogen-bond acceptors (Lipinski definition) is 3. The Morgan fingerprint density at radius 1 is 1.38 bits per heavy atom. The Labute approximate surface area is 99.3 Å². The molecule has 3 atom stereocenters. The fourth-order valence-corrected chi connectivity index (χ4v) is 3.93. The Balaban J connectivity index is 2.34. The third kappa shape index (κ3) is 1.99. The minimum absolute atomic E-state index is 0.230. The summed E-state index contributed by atoms with van der Waals surface area (Å²) in [4.78, 5) is 10.8. The Kier molecular flexibility index (Phi) is 2.80. The van der Waals surface area contributed by atoms with Crippen molar-refractivity contribution in [3.63, 3.8) is 0 Å². The van der Waals surface area contributed by atoms with E-state index in [4.69, 9.17) is 11.6 Å². The van der Waals surface area contributed by atoms with Gasteiger partial charge in [-0.1, -0.05) is 23.7 Å². The van der Waals surface area contributed by atoms with Gasteiger partial charge in [0.05, 0.1) is 5.25 Å². The molecule has 0 saturated heterocycles. The second kappa shape index (κ2) is 3.86. The molecule has 2 rings (SSSR count). The summed E-state index contributed by atoms with van der Waals surface area (Å²) in [5.74, 6) is -0.653. The minimum Gasteiger partial charge on any atom is -0.303 e. The lowest BCUT2D eigenvalue weighted by molar-refractivity contribution is -0.108. The molecule has 0 radical (unpaired) electrons. The summed E-state index contributed by atoms with van der Waals surface area (Å²) in [6.07, 6.45) is 1.88. The maximum absolute atomic E-state index is 11.4. The molecule has 0 N–H and O–H groups in total. The van der Waals surface area contributed by atoms with Gasteiger partial charge >= 0.3 is 0 Å². The van der Waals surface area contributed by atoms with Crippen LogP contribution < -0.4 is 0 Å². The van der Waals surface area contributed by atoms with Crippen LogP contribution in [0.5, 0.6) is 0 Å². The molecule has 3 unspecified atom stereocenters. The normalized spacial score (nSPS) is 28.8. The molecule has 0 amide bonds. The third-order valence-electron chi connectivity index (χ3n) is 2.89. The van der Waals surface area contributed by atoms with Gasteiger partial charge in [-0.25, -0.2) is 8.42 Å². The number of carbonyl (C=O) groups excluding carboxylic acids is 1. The van der Waals surface area contributed by atoms with Gasteiger partial charge in [0.1, 0.15) is 6.29 Å². The molecule has 1 aromatic rings. The van der Waals surface area contributed by atoms with Crippen molar-refractivity contribution in [3.05, 3.63) is 34.9 Å². The van der Waals surface area contributed by atoms with Gasteiger partial charge in [-0.05, 0) is 17.7 Å². The number of halogens is 1. The molecule has 0 aromatic heterocycles. The molecule has 5 heteroatoms. The fraction of sp³-hybridized carbons (Fsp3) is 0.364. The predicted octanol–water partition coefficient (Wildman–Crippen LogP) is 1.67. The first-order valence-electron chi connectivity index (χ1n) is 4.85. The molecular weight excluding hydrogens is 248 g/mol. The van der Waals surface area contributed by atoms with E-state index in [9.17, 15) is 13.2 Å². The molecule has 86 valence electrons. The van der Waals surface area contributed by atoms with E-state index in [0.29, 0.717) is 5.02 Å². The highest BCUT2D eigenvalue weighted by Crippen LogP contribution is 2.51. The first-order valence-corrected chi connectivity index (χ1v) is 7.18. The van der Waals surface area contributed by atoms with E-state index in [2.05, 4.69) is 0 Å². The molecule has 0 aliphatic heterocycles. The van der Waals surface area contributed by atoms with Crippen molar-refractivity contribution in [3.8, 4) is 0 Å². The minimum atomic E-state index is -3.18. The van der Waals surface area contributed by atoms with Gasteiger partial charge < -0.3 is 4.79 Å². The van der Waals surface area contributed by atoms with Crippen molar-refractivity contribution in [2.75, 3.05) is 6.26 Å². The number of sulfone groups is 1. The average molecular weight is 259 g/mol. The largest absolute Gasteiger partial charge is 0.303 e. The Morgan fingerprint density at radius 3 is 2.50 bits per heavy atom. The van der Waals surface area contributed by atoms with Crippen LogP contribution in [0.3, 0.4) is 0 Å². The van der Waals surface area contributed by atoms with E-state index < -0.39 is 21.0 Å². The summed E-state index contributed by atoms with van der Waals surface area (Å²) in [5, 5.41) is -0.0234. The molecule has 1 fully saturated rings. The maximum Gasteiger partial charge on any atom is 0.151 e. The SMILES string of the molecule is CS(=O)(=O)C1C(C=O)C1c1cccc(Cl)c1. The van der Waals surface area contributed by atoms with Gasteiger partial charge in [0.15, 0.2) is 9.84 Å². The number of aldehydes is 1. The summed E-state index contributed by atoms with van der Waals surface area (Å²) < 4.78 is 22.9. The van der Waals surface area contributed by atoms with Gasteiger partial charge in [0, 0.05) is 23.1 Å². The second-order valence-electron chi connectivity index (χ2n) is 4.09. The molecule has 1 aliphatic carbocycles. The van der Waals surface area contributed by atoms with Crippen LogP contribution in [0.25, 0.3) is 0 Å². The monoisotopic (exact) mass is 258 g/mol. The van der Waals surface area contributed by atoms with Crippen molar-refractivity contribution in [2.45, 2.75) is 11.2 Å². The number of carbonyl (C=O) groups is 1. The van der Waals surface area contributed by atoms with Gasteiger partial charge in [-0.2, -0.15) is 0 Å². The van der Waals surface area contributed by atoms with Crippen LogP contribution in [-0.4, -0.2) is 26.2 Å². The van der Waals surface area contributed by atoms with Crippen LogP contribution in [0.15, 0.2) is 24.3 Å². The first kappa shape index (κ1) is 11.6. The third-order valence-corrected chi connectivity index (χ3v) is 4.72. The van der Waals surface area contributed by atoms with E-state index >= 15 is 0 Å². The first-order chi connectivity index (χ1) is 7.45. The number of rotatable bonds is 3. The zero-order valence-electron chi connectivity index (χ0n) is 8.63. The van der Waals surface area contributed by atoms with Crippen LogP contribution in [0, 0.1) is 5.92 Å². The summed E-state index contributed by atoms with van der Waals surface area (Å²) >= 11 is 5.83. The van der Waals surface area contributed by atoms with Crippen molar-refractivity contribution >= 4 is 27.7 Å². The summed E-state index contributed by atoms with van der Waals surface area (Å²) in [5.41, 5.74) is 0.819. The molecule has 1 saturated carbocycles. The Morgan fingerprint density at radius 2 is 2.06 bits per heavy atom. The highest BCUT2D eigenvalue weighted by atomic mass is 35.5. The van der Waals surface area contributed by atoms with Crippen molar-refractivity contribution in [1.29, 1.82) is 0 Å². The topological polar surface area (TPSA) is 51.2 Å². The predicted molar refractivity (Wildman–Crippen MR) is 62.4 cm³/mol. The van der Waals surface area contributed by atoms with Crippen LogP contribution in [0.2, 0.25) is 5.02 Å². The van der Waals surface area contributed by atoms with Crippen LogP contribution in [0.4, 0.5) is 0 Å². The van der Waals surface area contributed by atoms with Crippen molar-refractivity contribution in [1.82, 2.24) is 0 Å². The lowest BCUT2D eigenvalue weighted by atomic mass is 10.1. The quantitative estimate of drug-likeness (QED) is 0.775. The summed E-state index contributed by atoms with van der Waals surface area (Å²) in [6, 6.07) is 7.00. The summed E-state index contributed by atoms with van der Waals surface area (Å²) in [7, 11) is -3.18. The molecule has 0 heterocycles. The highest BCUT2D eigenvalue weighted by Gasteiger charge is 2.57. The fourth-order valence-electron chi connectivity index (χ4n) is 2.14. The number of hydrogen-bond donors (Lipinski definition) is 0. The van der Waals surface area contributed by atoms with Gasteiger partial charge in [0.2, 0.25) is 0 Å². The van der Waals surface area contributed by atoms with Crippen LogP contribution in [0.1, 0.15) is 11.5 Å². The molecule has 1 aromatic carbocycles. The lowest BCUT2D eigenvalue weighted by Crippen LogP contribution is -2.07. The van der Waals surface area contributed by atoms with E-state index in [1.807, 2.05) is 0 Å². The van der Waals surface area contributed by atoms with E-state index in [0.717, 1.165) is 11.8 Å².